The van der Waals surface area contributed by atoms with E-state index < -0.39 is 5.97 Å². The van der Waals surface area contributed by atoms with Gasteiger partial charge >= 0.3 is 11.9 Å². The van der Waals surface area contributed by atoms with Gasteiger partial charge in [0.2, 0.25) is 0 Å². The van der Waals surface area contributed by atoms with Crippen LogP contribution in [0.25, 0.3) is 0 Å². The van der Waals surface area contributed by atoms with Crippen LogP contribution in [0, 0.1) is 29.6 Å². The smallest absolute Gasteiger partial charge is 0.340 e. The van der Waals surface area contributed by atoms with Crippen LogP contribution in [0.5, 0.6) is 0 Å². The number of fused-ring (bicyclic) bond motifs is 5. The SMILES string of the molecule is C=C(C)C(=O)OC(=O)C1CC2CC1C1CCCC21. The Morgan fingerprint density at radius 1 is 1.11 bits per heavy atom. The van der Waals surface area contributed by atoms with Crippen molar-refractivity contribution in [2.45, 2.75) is 39.0 Å². The van der Waals surface area contributed by atoms with Gasteiger partial charge in [-0.2, -0.15) is 0 Å². The maximum atomic E-state index is 12.1. The maximum absolute atomic E-state index is 12.1. The molecule has 0 radical (unpaired) electrons. The molecule has 5 unspecified atom stereocenters. The molecule has 3 aliphatic rings. The Balaban J connectivity index is 1.67. The molecule has 18 heavy (non-hydrogen) atoms. The Hall–Kier alpha value is -1.12. The van der Waals surface area contributed by atoms with Crippen LogP contribution in [0.15, 0.2) is 12.2 Å². The van der Waals surface area contributed by atoms with E-state index in [1.807, 2.05) is 0 Å². The van der Waals surface area contributed by atoms with Gasteiger partial charge in [-0.1, -0.05) is 13.0 Å². The van der Waals surface area contributed by atoms with Crippen LogP contribution in [0.1, 0.15) is 39.0 Å². The summed E-state index contributed by atoms with van der Waals surface area (Å²) in [6.45, 7) is 5.08. The van der Waals surface area contributed by atoms with Gasteiger partial charge < -0.3 is 4.74 Å². The third kappa shape index (κ3) is 1.72. The van der Waals surface area contributed by atoms with Crippen molar-refractivity contribution in [2.24, 2.45) is 29.6 Å². The number of hydrogen-bond donors (Lipinski definition) is 0. The third-order valence-corrected chi connectivity index (χ3v) is 5.27. The molecule has 3 rings (SSSR count). The summed E-state index contributed by atoms with van der Waals surface area (Å²) in [4.78, 5) is 23.5. The fourth-order valence-electron chi connectivity index (χ4n) is 4.59. The Labute approximate surface area is 108 Å². The zero-order chi connectivity index (χ0) is 12.9. The van der Waals surface area contributed by atoms with E-state index in [0.29, 0.717) is 17.4 Å². The average molecular weight is 248 g/mol. The molecule has 0 spiro atoms. The van der Waals surface area contributed by atoms with Gasteiger partial charge in [-0.15, -0.1) is 0 Å². The van der Waals surface area contributed by atoms with Crippen LogP contribution in [0.4, 0.5) is 0 Å². The average Bonchev–Trinajstić information content (AvgIpc) is 3.00. The molecule has 3 heteroatoms. The first-order valence-corrected chi connectivity index (χ1v) is 6.99. The molecule has 0 aromatic carbocycles. The van der Waals surface area contributed by atoms with Crippen molar-refractivity contribution in [1.29, 1.82) is 0 Å². The lowest BCUT2D eigenvalue weighted by atomic mass is 9.76. The first-order chi connectivity index (χ1) is 8.58. The minimum atomic E-state index is -0.564. The summed E-state index contributed by atoms with van der Waals surface area (Å²) in [6.07, 6.45) is 6.04. The number of carbonyl (C=O) groups is 2. The first kappa shape index (κ1) is 11.9. The molecule has 0 N–H and O–H groups in total. The predicted octanol–water partition coefficient (Wildman–Crippen LogP) is 2.70. The molecular formula is C15H20O3. The lowest BCUT2D eigenvalue weighted by Crippen LogP contribution is -2.32. The molecule has 0 aromatic rings. The van der Waals surface area contributed by atoms with Gasteiger partial charge in [0.15, 0.2) is 0 Å². The van der Waals surface area contributed by atoms with E-state index >= 15 is 0 Å². The van der Waals surface area contributed by atoms with E-state index in [2.05, 4.69) is 6.58 Å². The predicted molar refractivity (Wildman–Crippen MR) is 66.4 cm³/mol. The Morgan fingerprint density at radius 2 is 1.83 bits per heavy atom. The van der Waals surface area contributed by atoms with Crippen molar-refractivity contribution in [2.75, 3.05) is 0 Å². The molecule has 0 amide bonds. The van der Waals surface area contributed by atoms with Crippen molar-refractivity contribution in [3.63, 3.8) is 0 Å². The molecular weight excluding hydrogens is 228 g/mol. The van der Waals surface area contributed by atoms with E-state index in [-0.39, 0.29) is 11.9 Å². The van der Waals surface area contributed by atoms with Crippen molar-refractivity contribution < 1.29 is 14.3 Å². The number of carbonyl (C=O) groups excluding carboxylic acids is 2. The molecule has 98 valence electrons. The number of hydrogen-bond acceptors (Lipinski definition) is 3. The molecule has 0 aromatic heterocycles. The van der Waals surface area contributed by atoms with Gasteiger partial charge in [0.05, 0.1) is 5.92 Å². The van der Waals surface area contributed by atoms with Crippen LogP contribution >= 0.6 is 0 Å². The zero-order valence-corrected chi connectivity index (χ0v) is 10.9. The van der Waals surface area contributed by atoms with Gasteiger partial charge in [-0.05, 0) is 56.3 Å². The summed E-state index contributed by atoms with van der Waals surface area (Å²) < 4.78 is 4.92. The standard InChI is InChI=1S/C15H20O3/c1-8(2)14(16)18-15(17)13-7-9-6-12(13)11-5-3-4-10(9)11/h9-13H,1,3-7H2,2H3. The Morgan fingerprint density at radius 3 is 2.56 bits per heavy atom. The zero-order valence-electron chi connectivity index (χ0n) is 10.9. The number of ether oxygens (including phenoxy) is 1. The first-order valence-electron chi connectivity index (χ1n) is 6.99. The monoisotopic (exact) mass is 248 g/mol. The van der Waals surface area contributed by atoms with Gasteiger partial charge in [0.1, 0.15) is 0 Å². The molecule has 2 bridgehead atoms. The molecule has 0 heterocycles. The largest absolute Gasteiger partial charge is 0.389 e. The Bertz CT molecular complexity index is 412. The maximum Gasteiger partial charge on any atom is 0.340 e. The number of esters is 2. The number of rotatable bonds is 2. The van der Waals surface area contributed by atoms with Crippen molar-refractivity contribution in [3.8, 4) is 0 Å². The normalized spacial score (nSPS) is 40.6. The topological polar surface area (TPSA) is 43.4 Å². The second-order valence-corrected chi connectivity index (χ2v) is 6.25. The molecule has 3 fully saturated rings. The van der Waals surface area contributed by atoms with Crippen LogP contribution in [0.3, 0.4) is 0 Å². The highest BCUT2D eigenvalue weighted by atomic mass is 16.6. The highest BCUT2D eigenvalue weighted by Crippen LogP contribution is 2.61. The van der Waals surface area contributed by atoms with E-state index in [9.17, 15) is 9.59 Å². The molecule has 0 aliphatic heterocycles. The molecule has 3 nitrogen and oxygen atoms in total. The fourth-order valence-corrected chi connectivity index (χ4v) is 4.59. The lowest BCUT2D eigenvalue weighted by molar-refractivity contribution is -0.162. The summed E-state index contributed by atoms with van der Waals surface area (Å²) in [7, 11) is 0. The van der Waals surface area contributed by atoms with Crippen LogP contribution in [0.2, 0.25) is 0 Å². The van der Waals surface area contributed by atoms with Gasteiger partial charge in [0.25, 0.3) is 0 Å². The molecule has 3 saturated carbocycles. The van der Waals surface area contributed by atoms with Crippen LogP contribution in [-0.2, 0) is 14.3 Å². The second kappa shape index (κ2) is 4.22. The van der Waals surface area contributed by atoms with Crippen LogP contribution < -0.4 is 0 Å². The summed E-state index contributed by atoms with van der Waals surface area (Å²) in [6, 6.07) is 0. The quantitative estimate of drug-likeness (QED) is 0.429. The summed E-state index contributed by atoms with van der Waals surface area (Å²) in [5.74, 6) is 1.87. The van der Waals surface area contributed by atoms with E-state index in [1.165, 1.54) is 25.7 Å². The van der Waals surface area contributed by atoms with E-state index in [0.717, 1.165) is 18.3 Å². The Kier molecular flexibility index (Phi) is 2.80. The molecule has 5 atom stereocenters. The van der Waals surface area contributed by atoms with Gasteiger partial charge in [0, 0.05) is 5.57 Å². The van der Waals surface area contributed by atoms with Crippen molar-refractivity contribution >= 4 is 11.9 Å². The molecule has 3 aliphatic carbocycles. The third-order valence-electron chi connectivity index (χ3n) is 5.27. The van der Waals surface area contributed by atoms with Gasteiger partial charge in [-0.25, -0.2) is 4.79 Å². The second-order valence-electron chi connectivity index (χ2n) is 6.25. The van der Waals surface area contributed by atoms with E-state index in [4.69, 9.17) is 4.74 Å². The minimum absolute atomic E-state index is 0.0300. The van der Waals surface area contributed by atoms with Crippen molar-refractivity contribution in [1.82, 2.24) is 0 Å². The summed E-state index contributed by atoms with van der Waals surface area (Å²) in [5.41, 5.74) is 0.297. The fraction of sp³-hybridized carbons (Fsp3) is 0.733. The van der Waals surface area contributed by atoms with Crippen molar-refractivity contribution in [3.05, 3.63) is 12.2 Å². The lowest BCUT2D eigenvalue weighted by Gasteiger charge is -2.29. The van der Waals surface area contributed by atoms with Gasteiger partial charge in [-0.3, -0.25) is 4.79 Å². The molecule has 0 saturated heterocycles. The van der Waals surface area contributed by atoms with Crippen LogP contribution in [-0.4, -0.2) is 11.9 Å². The summed E-state index contributed by atoms with van der Waals surface area (Å²) in [5, 5.41) is 0. The highest BCUT2D eigenvalue weighted by Gasteiger charge is 2.56. The minimum Gasteiger partial charge on any atom is -0.389 e. The van der Waals surface area contributed by atoms with E-state index in [1.54, 1.807) is 6.92 Å². The summed E-state index contributed by atoms with van der Waals surface area (Å²) >= 11 is 0. The highest BCUT2D eigenvalue weighted by molar-refractivity contribution is 5.96.